The van der Waals surface area contributed by atoms with Gasteiger partial charge in [0.05, 0.1) is 11.2 Å². The van der Waals surface area contributed by atoms with Gasteiger partial charge in [-0.3, -0.25) is 4.79 Å². The molecule has 0 saturated carbocycles. The predicted octanol–water partition coefficient (Wildman–Crippen LogP) is 1.94. The summed E-state index contributed by atoms with van der Waals surface area (Å²) in [7, 11) is -3.22. The highest BCUT2D eigenvalue weighted by Crippen LogP contribution is 2.35. The van der Waals surface area contributed by atoms with Crippen molar-refractivity contribution in [3.8, 4) is 0 Å². The van der Waals surface area contributed by atoms with Crippen molar-refractivity contribution in [2.45, 2.75) is 46.5 Å². The first kappa shape index (κ1) is 16.4. The highest BCUT2D eigenvalue weighted by atomic mass is 32.2. The molecule has 1 heterocycles. The van der Waals surface area contributed by atoms with Crippen LogP contribution in [0, 0.1) is 11.3 Å². The van der Waals surface area contributed by atoms with Gasteiger partial charge in [0.15, 0.2) is 0 Å². The second kappa shape index (κ2) is 6.22. The standard InChI is InChI=1S/C13H25NO4S/c1-4-5-9-19(17,18)14-8-6-7-11(10-14)13(2,3)12(15)16/h11H,4-10H2,1-3H3,(H,15,16). The Morgan fingerprint density at radius 1 is 1.42 bits per heavy atom. The quantitative estimate of drug-likeness (QED) is 0.811. The zero-order chi connectivity index (χ0) is 14.7. The fourth-order valence-corrected chi connectivity index (χ4v) is 4.14. The molecule has 0 aliphatic carbocycles. The number of unbranched alkanes of at least 4 members (excludes halogenated alkanes) is 1. The largest absolute Gasteiger partial charge is 0.481 e. The Bertz CT molecular complexity index is 416. The molecule has 1 unspecified atom stereocenters. The molecule has 1 rings (SSSR count). The Morgan fingerprint density at radius 3 is 2.58 bits per heavy atom. The maximum absolute atomic E-state index is 12.2. The average molecular weight is 291 g/mol. The number of nitrogens with zero attached hydrogens (tertiary/aromatic N) is 1. The summed E-state index contributed by atoms with van der Waals surface area (Å²) in [6.07, 6.45) is 3.02. The van der Waals surface area contributed by atoms with E-state index in [1.807, 2.05) is 6.92 Å². The van der Waals surface area contributed by atoms with E-state index in [2.05, 4.69) is 0 Å². The first-order valence-corrected chi connectivity index (χ1v) is 8.54. The van der Waals surface area contributed by atoms with Crippen LogP contribution in [0.15, 0.2) is 0 Å². The SMILES string of the molecule is CCCCS(=O)(=O)N1CCCC(C(C)(C)C(=O)O)C1. The molecule has 1 aliphatic heterocycles. The lowest BCUT2D eigenvalue weighted by atomic mass is 9.75. The molecule has 0 spiro atoms. The summed E-state index contributed by atoms with van der Waals surface area (Å²) < 4.78 is 25.8. The molecule has 1 atom stereocenters. The van der Waals surface area contributed by atoms with Gasteiger partial charge in [-0.05, 0) is 39.0 Å². The van der Waals surface area contributed by atoms with Crippen LogP contribution < -0.4 is 0 Å². The van der Waals surface area contributed by atoms with E-state index in [-0.39, 0.29) is 11.7 Å². The molecular weight excluding hydrogens is 266 g/mol. The first-order chi connectivity index (χ1) is 8.71. The number of hydrogen-bond donors (Lipinski definition) is 1. The van der Waals surface area contributed by atoms with Crippen LogP contribution in [0.3, 0.4) is 0 Å². The molecular formula is C13H25NO4S. The minimum Gasteiger partial charge on any atom is -0.481 e. The normalized spacial score (nSPS) is 22.4. The van der Waals surface area contributed by atoms with Gasteiger partial charge in [-0.15, -0.1) is 0 Å². The molecule has 19 heavy (non-hydrogen) atoms. The molecule has 0 amide bonds. The van der Waals surface area contributed by atoms with Gasteiger partial charge in [-0.1, -0.05) is 13.3 Å². The van der Waals surface area contributed by atoms with Crippen molar-refractivity contribution < 1.29 is 18.3 Å². The topological polar surface area (TPSA) is 74.7 Å². The van der Waals surface area contributed by atoms with Gasteiger partial charge in [0.1, 0.15) is 0 Å². The predicted molar refractivity (Wildman–Crippen MR) is 74.4 cm³/mol. The second-order valence-corrected chi connectivity index (χ2v) is 7.98. The summed E-state index contributed by atoms with van der Waals surface area (Å²) in [4.78, 5) is 11.3. The molecule has 1 N–H and O–H groups in total. The third kappa shape index (κ3) is 3.92. The van der Waals surface area contributed by atoms with Gasteiger partial charge in [0.25, 0.3) is 0 Å². The molecule has 112 valence electrons. The van der Waals surface area contributed by atoms with Crippen LogP contribution in [0.1, 0.15) is 46.5 Å². The Hall–Kier alpha value is -0.620. The number of carboxylic acids is 1. The first-order valence-electron chi connectivity index (χ1n) is 6.93. The molecule has 0 aromatic rings. The number of sulfonamides is 1. The van der Waals surface area contributed by atoms with Crippen LogP contribution in [-0.4, -0.2) is 42.6 Å². The van der Waals surface area contributed by atoms with E-state index in [4.69, 9.17) is 0 Å². The van der Waals surface area contributed by atoms with Gasteiger partial charge in [-0.25, -0.2) is 12.7 Å². The van der Waals surface area contributed by atoms with E-state index in [0.29, 0.717) is 19.5 Å². The van der Waals surface area contributed by atoms with E-state index in [0.717, 1.165) is 19.3 Å². The Balaban J connectivity index is 2.77. The highest BCUT2D eigenvalue weighted by Gasteiger charge is 2.41. The Labute approximate surface area is 116 Å². The lowest BCUT2D eigenvalue weighted by Gasteiger charge is -2.38. The van der Waals surface area contributed by atoms with Gasteiger partial charge >= 0.3 is 5.97 Å². The van der Waals surface area contributed by atoms with Crippen LogP contribution >= 0.6 is 0 Å². The lowest BCUT2D eigenvalue weighted by molar-refractivity contribution is -0.151. The summed E-state index contributed by atoms with van der Waals surface area (Å²) in [5.74, 6) is -0.801. The number of hydrogen-bond acceptors (Lipinski definition) is 3. The maximum atomic E-state index is 12.2. The molecule has 5 nitrogen and oxygen atoms in total. The van der Waals surface area contributed by atoms with E-state index in [9.17, 15) is 18.3 Å². The monoisotopic (exact) mass is 291 g/mol. The summed E-state index contributed by atoms with van der Waals surface area (Å²) in [5, 5.41) is 9.26. The molecule has 1 fully saturated rings. The molecule has 0 radical (unpaired) electrons. The third-order valence-corrected chi connectivity index (χ3v) is 6.03. The van der Waals surface area contributed by atoms with Gasteiger partial charge in [0.2, 0.25) is 10.0 Å². The van der Waals surface area contributed by atoms with Crippen LogP contribution in [0.25, 0.3) is 0 Å². The second-order valence-electron chi connectivity index (χ2n) is 5.89. The molecule has 1 saturated heterocycles. The number of carboxylic acid groups (broad SMARTS) is 1. The van der Waals surface area contributed by atoms with E-state index < -0.39 is 21.4 Å². The van der Waals surface area contributed by atoms with Crippen molar-refractivity contribution >= 4 is 16.0 Å². The van der Waals surface area contributed by atoms with Crippen LogP contribution in [0.4, 0.5) is 0 Å². The van der Waals surface area contributed by atoms with Crippen LogP contribution in [-0.2, 0) is 14.8 Å². The van der Waals surface area contributed by atoms with Gasteiger partial charge in [0, 0.05) is 13.1 Å². The Morgan fingerprint density at radius 2 is 2.05 bits per heavy atom. The van der Waals surface area contributed by atoms with Gasteiger partial charge < -0.3 is 5.11 Å². The maximum Gasteiger partial charge on any atom is 0.309 e. The minimum atomic E-state index is -3.22. The fourth-order valence-electron chi connectivity index (χ4n) is 2.41. The molecule has 1 aliphatic rings. The fraction of sp³-hybridized carbons (Fsp3) is 0.923. The van der Waals surface area contributed by atoms with Crippen molar-refractivity contribution in [1.82, 2.24) is 4.31 Å². The molecule has 0 aromatic carbocycles. The summed E-state index contributed by atoms with van der Waals surface area (Å²) in [6.45, 7) is 6.19. The van der Waals surface area contributed by atoms with Crippen molar-refractivity contribution in [1.29, 1.82) is 0 Å². The average Bonchev–Trinajstić information content (AvgIpc) is 2.36. The lowest BCUT2D eigenvalue weighted by Crippen LogP contribution is -2.47. The Kier molecular flexibility index (Phi) is 5.38. The molecule has 0 aromatic heterocycles. The van der Waals surface area contributed by atoms with E-state index in [1.54, 1.807) is 13.8 Å². The van der Waals surface area contributed by atoms with Crippen molar-refractivity contribution in [2.24, 2.45) is 11.3 Å². The zero-order valence-electron chi connectivity index (χ0n) is 12.1. The summed E-state index contributed by atoms with van der Waals surface area (Å²) in [5.41, 5.74) is -0.876. The molecule has 6 heteroatoms. The van der Waals surface area contributed by atoms with Crippen molar-refractivity contribution in [2.75, 3.05) is 18.8 Å². The molecule has 0 bridgehead atoms. The minimum absolute atomic E-state index is 0.116. The van der Waals surface area contributed by atoms with E-state index >= 15 is 0 Å². The number of rotatable bonds is 6. The summed E-state index contributed by atoms with van der Waals surface area (Å²) in [6, 6.07) is 0. The van der Waals surface area contributed by atoms with Crippen molar-refractivity contribution in [3.63, 3.8) is 0 Å². The van der Waals surface area contributed by atoms with Gasteiger partial charge in [-0.2, -0.15) is 0 Å². The summed E-state index contributed by atoms with van der Waals surface area (Å²) >= 11 is 0. The van der Waals surface area contributed by atoms with Crippen molar-refractivity contribution in [3.05, 3.63) is 0 Å². The number of aliphatic carboxylic acids is 1. The van der Waals surface area contributed by atoms with Crippen LogP contribution in [0.2, 0.25) is 0 Å². The third-order valence-electron chi connectivity index (χ3n) is 4.11. The smallest absolute Gasteiger partial charge is 0.309 e. The van der Waals surface area contributed by atoms with E-state index in [1.165, 1.54) is 4.31 Å². The number of carbonyl (C=O) groups is 1. The zero-order valence-corrected chi connectivity index (χ0v) is 12.9. The van der Waals surface area contributed by atoms with Crippen LogP contribution in [0.5, 0.6) is 0 Å². The number of piperidine rings is 1. The highest BCUT2D eigenvalue weighted by molar-refractivity contribution is 7.89.